The van der Waals surface area contributed by atoms with E-state index in [1.165, 1.54) is 12.5 Å². The molecule has 0 bridgehead atoms. The first-order valence-electron chi connectivity index (χ1n) is 7.36. The van der Waals surface area contributed by atoms with E-state index >= 15 is 0 Å². The van der Waals surface area contributed by atoms with E-state index in [1.54, 1.807) is 6.07 Å². The Labute approximate surface area is 120 Å². The largest absolute Gasteiger partial charge is 0.381 e. The van der Waals surface area contributed by atoms with E-state index in [9.17, 15) is 4.39 Å². The number of halogens is 1. The molecule has 2 unspecified atom stereocenters. The molecule has 1 aromatic carbocycles. The van der Waals surface area contributed by atoms with Crippen molar-refractivity contribution >= 4 is 0 Å². The average Bonchev–Trinajstić information content (AvgIpc) is 2.44. The molecule has 0 saturated carbocycles. The average molecular weight is 280 g/mol. The van der Waals surface area contributed by atoms with Crippen LogP contribution >= 0.6 is 0 Å². The molecule has 4 heteroatoms. The maximum absolute atomic E-state index is 14.0. The standard InChI is InChI=1S/C16H25FN2O/c1-12-5-6-15(17)14(8-12)16(9-18)19(2)10-13-4-3-7-20-11-13/h5-6,8,13,16H,3-4,7,9-11,18H2,1-2H3. The fourth-order valence-electron chi connectivity index (χ4n) is 2.95. The Morgan fingerprint density at radius 1 is 1.50 bits per heavy atom. The van der Waals surface area contributed by atoms with Gasteiger partial charge in [-0.05, 0) is 38.8 Å². The normalized spacial score (nSPS) is 21.1. The summed E-state index contributed by atoms with van der Waals surface area (Å²) < 4.78 is 19.6. The van der Waals surface area contributed by atoms with Gasteiger partial charge < -0.3 is 10.5 Å². The summed E-state index contributed by atoms with van der Waals surface area (Å²) in [6.07, 6.45) is 2.29. The SMILES string of the molecule is Cc1ccc(F)c(C(CN)N(C)CC2CCCOC2)c1. The summed E-state index contributed by atoms with van der Waals surface area (Å²) in [6.45, 7) is 4.97. The van der Waals surface area contributed by atoms with Gasteiger partial charge in [0.15, 0.2) is 0 Å². The molecule has 1 aliphatic heterocycles. The van der Waals surface area contributed by atoms with Gasteiger partial charge in [-0.25, -0.2) is 4.39 Å². The highest BCUT2D eigenvalue weighted by Crippen LogP contribution is 2.25. The lowest BCUT2D eigenvalue weighted by Crippen LogP contribution is -2.37. The second-order valence-electron chi connectivity index (χ2n) is 5.80. The lowest BCUT2D eigenvalue weighted by atomic mass is 9.98. The number of aryl methyl sites for hydroxylation is 1. The lowest BCUT2D eigenvalue weighted by Gasteiger charge is -2.32. The van der Waals surface area contributed by atoms with E-state index in [0.29, 0.717) is 18.0 Å². The van der Waals surface area contributed by atoms with Crippen LogP contribution in [0.25, 0.3) is 0 Å². The molecule has 2 rings (SSSR count). The number of likely N-dealkylation sites (N-methyl/N-ethyl adjacent to an activating group) is 1. The van der Waals surface area contributed by atoms with E-state index in [-0.39, 0.29) is 11.9 Å². The summed E-state index contributed by atoms with van der Waals surface area (Å²) in [7, 11) is 2.02. The zero-order valence-corrected chi connectivity index (χ0v) is 12.4. The van der Waals surface area contributed by atoms with Crippen LogP contribution in [0.15, 0.2) is 18.2 Å². The summed E-state index contributed by atoms with van der Waals surface area (Å²) in [5, 5.41) is 0. The van der Waals surface area contributed by atoms with Crippen LogP contribution in [0.4, 0.5) is 4.39 Å². The summed E-state index contributed by atoms with van der Waals surface area (Å²) in [5.41, 5.74) is 7.66. The number of ether oxygens (including phenoxy) is 1. The number of benzene rings is 1. The molecule has 1 aliphatic rings. The van der Waals surface area contributed by atoms with Crippen molar-refractivity contribution in [1.29, 1.82) is 0 Å². The minimum Gasteiger partial charge on any atom is -0.381 e. The van der Waals surface area contributed by atoms with Crippen molar-refractivity contribution in [3.05, 3.63) is 35.1 Å². The molecular weight excluding hydrogens is 255 g/mol. The van der Waals surface area contributed by atoms with Crippen LogP contribution in [-0.2, 0) is 4.74 Å². The van der Waals surface area contributed by atoms with Gasteiger partial charge in [0.25, 0.3) is 0 Å². The van der Waals surface area contributed by atoms with Gasteiger partial charge in [0.1, 0.15) is 5.82 Å². The summed E-state index contributed by atoms with van der Waals surface area (Å²) in [5.74, 6) is 0.355. The summed E-state index contributed by atoms with van der Waals surface area (Å²) in [6, 6.07) is 5.16. The van der Waals surface area contributed by atoms with Gasteiger partial charge in [0.2, 0.25) is 0 Å². The maximum atomic E-state index is 14.0. The van der Waals surface area contributed by atoms with Crippen LogP contribution in [0, 0.1) is 18.7 Å². The second-order valence-corrected chi connectivity index (χ2v) is 5.80. The van der Waals surface area contributed by atoms with E-state index < -0.39 is 0 Å². The minimum absolute atomic E-state index is 0.0724. The fraction of sp³-hybridized carbons (Fsp3) is 0.625. The molecule has 1 fully saturated rings. The van der Waals surface area contributed by atoms with Crippen LogP contribution in [0.3, 0.4) is 0 Å². The first-order chi connectivity index (χ1) is 9.61. The Bertz CT molecular complexity index is 432. The third-order valence-corrected chi connectivity index (χ3v) is 4.07. The van der Waals surface area contributed by atoms with Crippen LogP contribution in [-0.4, -0.2) is 38.3 Å². The molecule has 112 valence electrons. The predicted octanol–water partition coefficient (Wildman–Crippen LogP) is 2.49. The molecule has 0 radical (unpaired) electrons. The molecule has 1 saturated heterocycles. The van der Waals surface area contributed by atoms with E-state index in [0.717, 1.165) is 31.7 Å². The topological polar surface area (TPSA) is 38.5 Å². The molecule has 2 N–H and O–H groups in total. The van der Waals surface area contributed by atoms with Crippen LogP contribution in [0.1, 0.15) is 30.0 Å². The number of nitrogens with zero attached hydrogens (tertiary/aromatic N) is 1. The third-order valence-electron chi connectivity index (χ3n) is 4.07. The van der Waals surface area contributed by atoms with Gasteiger partial charge in [-0.1, -0.05) is 17.7 Å². The number of hydrogen-bond acceptors (Lipinski definition) is 3. The van der Waals surface area contributed by atoms with Crippen molar-refractivity contribution in [2.45, 2.75) is 25.8 Å². The smallest absolute Gasteiger partial charge is 0.128 e. The molecule has 3 nitrogen and oxygen atoms in total. The predicted molar refractivity (Wildman–Crippen MR) is 79.1 cm³/mol. The first-order valence-corrected chi connectivity index (χ1v) is 7.36. The fourth-order valence-corrected chi connectivity index (χ4v) is 2.95. The van der Waals surface area contributed by atoms with Crippen molar-refractivity contribution < 1.29 is 9.13 Å². The molecule has 0 amide bonds. The van der Waals surface area contributed by atoms with Crippen molar-refractivity contribution in [2.24, 2.45) is 11.7 Å². The van der Waals surface area contributed by atoms with Gasteiger partial charge >= 0.3 is 0 Å². The van der Waals surface area contributed by atoms with Crippen molar-refractivity contribution in [3.63, 3.8) is 0 Å². The molecular formula is C16H25FN2O. The van der Waals surface area contributed by atoms with Gasteiger partial charge in [-0.3, -0.25) is 4.90 Å². The van der Waals surface area contributed by atoms with Gasteiger partial charge in [0.05, 0.1) is 6.61 Å². The molecule has 0 aliphatic carbocycles. The molecule has 1 heterocycles. The lowest BCUT2D eigenvalue weighted by molar-refractivity contribution is 0.0363. The maximum Gasteiger partial charge on any atom is 0.128 e. The Balaban J connectivity index is 2.07. The zero-order valence-electron chi connectivity index (χ0n) is 12.4. The van der Waals surface area contributed by atoms with E-state index in [1.807, 2.05) is 20.0 Å². The van der Waals surface area contributed by atoms with Gasteiger partial charge in [-0.15, -0.1) is 0 Å². The van der Waals surface area contributed by atoms with Crippen molar-refractivity contribution in [3.8, 4) is 0 Å². The molecule has 1 aromatic rings. The highest BCUT2D eigenvalue weighted by molar-refractivity contribution is 5.27. The molecule has 0 aromatic heterocycles. The zero-order chi connectivity index (χ0) is 14.5. The number of rotatable bonds is 5. The van der Waals surface area contributed by atoms with Gasteiger partial charge in [0, 0.05) is 31.3 Å². The Hall–Kier alpha value is -0.970. The number of hydrogen-bond donors (Lipinski definition) is 1. The highest BCUT2D eigenvalue weighted by Gasteiger charge is 2.23. The van der Waals surface area contributed by atoms with Crippen LogP contribution < -0.4 is 5.73 Å². The molecule has 2 atom stereocenters. The van der Waals surface area contributed by atoms with Crippen molar-refractivity contribution in [2.75, 3.05) is 33.4 Å². The Morgan fingerprint density at radius 2 is 2.30 bits per heavy atom. The van der Waals surface area contributed by atoms with Crippen LogP contribution in [0.2, 0.25) is 0 Å². The monoisotopic (exact) mass is 280 g/mol. The van der Waals surface area contributed by atoms with Crippen LogP contribution in [0.5, 0.6) is 0 Å². The summed E-state index contributed by atoms with van der Waals surface area (Å²) in [4.78, 5) is 2.16. The number of nitrogens with two attached hydrogens (primary N) is 1. The summed E-state index contributed by atoms with van der Waals surface area (Å²) >= 11 is 0. The Morgan fingerprint density at radius 3 is 2.95 bits per heavy atom. The van der Waals surface area contributed by atoms with Crippen molar-refractivity contribution in [1.82, 2.24) is 4.90 Å². The van der Waals surface area contributed by atoms with E-state index in [2.05, 4.69) is 4.90 Å². The third kappa shape index (κ3) is 3.78. The Kier molecular flexibility index (Phi) is 5.52. The molecule has 0 spiro atoms. The van der Waals surface area contributed by atoms with Gasteiger partial charge in [-0.2, -0.15) is 0 Å². The highest BCUT2D eigenvalue weighted by atomic mass is 19.1. The quantitative estimate of drug-likeness (QED) is 0.900. The second kappa shape index (κ2) is 7.16. The van der Waals surface area contributed by atoms with E-state index in [4.69, 9.17) is 10.5 Å². The first kappa shape index (κ1) is 15.4. The molecule has 20 heavy (non-hydrogen) atoms. The minimum atomic E-state index is -0.169.